The third-order valence-corrected chi connectivity index (χ3v) is 6.16. The lowest BCUT2D eigenvalue weighted by atomic mass is 9.89. The van der Waals surface area contributed by atoms with Gasteiger partial charge in [0.15, 0.2) is 0 Å². The predicted molar refractivity (Wildman–Crippen MR) is 104 cm³/mol. The molecule has 6 heteroatoms. The molecule has 27 heavy (non-hydrogen) atoms. The van der Waals surface area contributed by atoms with Crippen molar-refractivity contribution in [2.75, 3.05) is 20.1 Å². The number of likely N-dealkylation sites (N-methyl/N-ethyl adjacent to an activating group) is 1. The van der Waals surface area contributed by atoms with Gasteiger partial charge < -0.3 is 14.9 Å². The minimum atomic E-state index is -0.768. The minimum absolute atomic E-state index is 0.00509. The quantitative estimate of drug-likeness (QED) is 0.700. The van der Waals surface area contributed by atoms with Crippen molar-refractivity contribution in [2.45, 2.75) is 89.7 Å². The van der Waals surface area contributed by atoms with Gasteiger partial charge in [0.05, 0.1) is 5.60 Å². The Labute approximate surface area is 163 Å². The first-order valence-corrected chi connectivity index (χ1v) is 10.5. The van der Waals surface area contributed by atoms with E-state index < -0.39 is 5.60 Å². The van der Waals surface area contributed by atoms with Crippen molar-refractivity contribution in [3.05, 3.63) is 0 Å². The fourth-order valence-electron chi connectivity index (χ4n) is 4.26. The van der Waals surface area contributed by atoms with E-state index in [4.69, 9.17) is 0 Å². The molecule has 0 saturated carbocycles. The topological polar surface area (TPSA) is 77.9 Å². The van der Waals surface area contributed by atoms with E-state index in [0.717, 1.165) is 25.7 Å². The molecule has 2 saturated heterocycles. The summed E-state index contributed by atoms with van der Waals surface area (Å²) in [4.78, 5) is 41.1. The van der Waals surface area contributed by atoms with E-state index in [1.807, 2.05) is 13.8 Å². The summed E-state index contributed by atoms with van der Waals surface area (Å²) in [5.41, 5.74) is -0.768. The SMILES string of the molecule is C[C@@H]1CCC[C@](C)(O)CCCN(C)C(=O)[C@@H]2CCCN2C(=O)CCCC1=O. The van der Waals surface area contributed by atoms with Crippen molar-refractivity contribution >= 4 is 17.6 Å². The lowest BCUT2D eigenvalue weighted by molar-refractivity contribution is -0.143. The maximum absolute atomic E-state index is 12.8. The van der Waals surface area contributed by atoms with Crippen LogP contribution >= 0.6 is 0 Å². The van der Waals surface area contributed by atoms with Gasteiger partial charge in [0.1, 0.15) is 11.8 Å². The van der Waals surface area contributed by atoms with Gasteiger partial charge in [0.2, 0.25) is 11.8 Å². The van der Waals surface area contributed by atoms with Crippen LogP contribution in [0.25, 0.3) is 0 Å². The molecule has 0 aromatic carbocycles. The van der Waals surface area contributed by atoms with Gasteiger partial charge in [0, 0.05) is 38.9 Å². The van der Waals surface area contributed by atoms with Crippen LogP contribution < -0.4 is 0 Å². The Balaban J connectivity index is 2.07. The lowest BCUT2D eigenvalue weighted by Crippen LogP contribution is -2.46. The number of amides is 2. The first-order valence-electron chi connectivity index (χ1n) is 10.5. The van der Waals surface area contributed by atoms with Crippen LogP contribution in [0.15, 0.2) is 0 Å². The van der Waals surface area contributed by atoms with E-state index in [2.05, 4.69) is 0 Å². The molecule has 0 unspecified atom stereocenters. The van der Waals surface area contributed by atoms with E-state index in [1.165, 1.54) is 0 Å². The molecule has 2 aliphatic rings. The van der Waals surface area contributed by atoms with Gasteiger partial charge in [-0.1, -0.05) is 6.92 Å². The van der Waals surface area contributed by atoms with Crippen molar-refractivity contribution in [3.63, 3.8) is 0 Å². The first kappa shape index (κ1) is 21.9. The van der Waals surface area contributed by atoms with Gasteiger partial charge in [-0.15, -0.1) is 0 Å². The summed E-state index contributed by atoms with van der Waals surface area (Å²) in [6.07, 6.45) is 6.45. The molecule has 154 valence electrons. The molecular weight excluding hydrogens is 344 g/mol. The van der Waals surface area contributed by atoms with E-state index in [-0.39, 0.29) is 29.6 Å². The Morgan fingerprint density at radius 2 is 1.67 bits per heavy atom. The Morgan fingerprint density at radius 1 is 0.963 bits per heavy atom. The zero-order valence-electron chi connectivity index (χ0n) is 17.2. The Bertz CT molecular complexity index is 546. The van der Waals surface area contributed by atoms with Crippen LogP contribution in [0.3, 0.4) is 0 Å². The van der Waals surface area contributed by atoms with Crippen molar-refractivity contribution in [2.24, 2.45) is 5.92 Å². The van der Waals surface area contributed by atoms with Gasteiger partial charge >= 0.3 is 0 Å². The fraction of sp³-hybridized carbons (Fsp3) is 0.857. The van der Waals surface area contributed by atoms with Crippen LogP contribution in [-0.2, 0) is 14.4 Å². The summed E-state index contributed by atoms with van der Waals surface area (Å²) in [7, 11) is 1.78. The normalized spacial score (nSPS) is 33.1. The van der Waals surface area contributed by atoms with Crippen LogP contribution in [0.1, 0.15) is 78.1 Å². The van der Waals surface area contributed by atoms with Crippen LogP contribution in [0.4, 0.5) is 0 Å². The molecule has 0 aromatic rings. The number of ketones is 1. The summed E-state index contributed by atoms with van der Waals surface area (Å²) in [6.45, 7) is 4.99. The van der Waals surface area contributed by atoms with Gasteiger partial charge in [-0.25, -0.2) is 0 Å². The highest BCUT2D eigenvalue weighted by Gasteiger charge is 2.35. The van der Waals surface area contributed by atoms with Gasteiger partial charge in [-0.2, -0.15) is 0 Å². The number of nitrogens with zero attached hydrogens (tertiary/aromatic N) is 2. The molecule has 0 radical (unpaired) electrons. The Hall–Kier alpha value is -1.43. The Morgan fingerprint density at radius 3 is 2.41 bits per heavy atom. The number of aliphatic hydroxyl groups is 1. The molecule has 0 bridgehead atoms. The molecule has 2 aliphatic heterocycles. The summed E-state index contributed by atoms with van der Waals surface area (Å²) < 4.78 is 0. The maximum atomic E-state index is 12.8. The highest BCUT2D eigenvalue weighted by molar-refractivity contribution is 5.88. The van der Waals surface area contributed by atoms with Crippen molar-refractivity contribution in [1.82, 2.24) is 9.80 Å². The van der Waals surface area contributed by atoms with Crippen LogP contribution in [-0.4, -0.2) is 64.3 Å². The second-order valence-electron chi connectivity index (χ2n) is 8.72. The second kappa shape index (κ2) is 9.67. The van der Waals surface area contributed by atoms with Gasteiger partial charge in [-0.05, 0) is 58.3 Å². The monoisotopic (exact) mass is 380 g/mol. The van der Waals surface area contributed by atoms with Crippen LogP contribution in [0.2, 0.25) is 0 Å². The molecule has 0 aromatic heterocycles. The van der Waals surface area contributed by atoms with Crippen molar-refractivity contribution in [3.8, 4) is 0 Å². The highest BCUT2D eigenvalue weighted by Crippen LogP contribution is 2.25. The molecule has 2 rings (SSSR count). The number of rotatable bonds is 0. The van der Waals surface area contributed by atoms with E-state index in [1.54, 1.807) is 16.8 Å². The highest BCUT2D eigenvalue weighted by atomic mass is 16.3. The third-order valence-electron chi connectivity index (χ3n) is 6.16. The number of carbonyl (C=O) groups excluding carboxylic acids is 3. The molecule has 0 spiro atoms. The van der Waals surface area contributed by atoms with Gasteiger partial charge in [0.25, 0.3) is 0 Å². The molecular formula is C21H36N2O4. The lowest BCUT2D eigenvalue weighted by Gasteiger charge is -2.29. The van der Waals surface area contributed by atoms with Gasteiger partial charge in [-0.3, -0.25) is 14.4 Å². The number of hydrogen-bond donors (Lipinski definition) is 1. The van der Waals surface area contributed by atoms with Crippen LogP contribution in [0, 0.1) is 5.92 Å². The number of Topliss-reactive ketones (excluding diaryl/α,β-unsaturated/α-hetero) is 1. The smallest absolute Gasteiger partial charge is 0.245 e. The van der Waals surface area contributed by atoms with Crippen molar-refractivity contribution < 1.29 is 19.5 Å². The zero-order chi connectivity index (χ0) is 20.0. The average Bonchev–Trinajstić information content (AvgIpc) is 3.09. The van der Waals surface area contributed by atoms with E-state index in [0.29, 0.717) is 51.6 Å². The summed E-state index contributed by atoms with van der Waals surface area (Å²) >= 11 is 0. The fourth-order valence-corrected chi connectivity index (χ4v) is 4.26. The molecule has 2 heterocycles. The summed E-state index contributed by atoms with van der Waals surface area (Å²) in [6, 6.07) is -0.367. The maximum Gasteiger partial charge on any atom is 0.245 e. The molecule has 6 nitrogen and oxygen atoms in total. The Kier molecular flexibility index (Phi) is 7.83. The average molecular weight is 381 g/mol. The summed E-state index contributed by atoms with van der Waals surface area (Å²) in [5.74, 6) is 0.154. The largest absolute Gasteiger partial charge is 0.390 e. The van der Waals surface area contributed by atoms with E-state index >= 15 is 0 Å². The predicted octanol–water partition coefficient (Wildman–Crippen LogP) is 2.53. The second-order valence-corrected chi connectivity index (χ2v) is 8.72. The molecule has 2 amide bonds. The van der Waals surface area contributed by atoms with Crippen molar-refractivity contribution in [1.29, 1.82) is 0 Å². The minimum Gasteiger partial charge on any atom is -0.390 e. The molecule has 1 N–H and O–H groups in total. The standard InChI is InChI=1S/C21H36N2O4/c1-16-8-5-12-21(2,27)13-7-14-22(3)20(26)17-9-6-15-23(17)19(25)11-4-10-18(16)24/h16-17,27H,4-15H2,1-3H3/t16-,17+,21+/m1/s1. The zero-order valence-corrected chi connectivity index (χ0v) is 17.2. The molecule has 3 atom stereocenters. The molecule has 2 fully saturated rings. The van der Waals surface area contributed by atoms with Crippen LogP contribution in [0.5, 0.6) is 0 Å². The number of carbonyl (C=O) groups is 3. The van der Waals surface area contributed by atoms with E-state index in [9.17, 15) is 19.5 Å². The summed E-state index contributed by atoms with van der Waals surface area (Å²) in [5, 5.41) is 10.6. The number of fused-ring (bicyclic) bond motifs is 1. The molecule has 0 aliphatic carbocycles. The number of hydrogen-bond acceptors (Lipinski definition) is 4. The first-order chi connectivity index (χ1) is 12.7. The third kappa shape index (κ3) is 6.30.